The summed E-state index contributed by atoms with van der Waals surface area (Å²) >= 11 is 0. The molecule has 8 nitrogen and oxygen atoms in total. The van der Waals surface area contributed by atoms with Crippen LogP contribution in [0.3, 0.4) is 0 Å². The van der Waals surface area contributed by atoms with Gasteiger partial charge in [-0.05, 0) is 49.4 Å². The lowest BCUT2D eigenvalue weighted by Crippen LogP contribution is -2.69. The Morgan fingerprint density at radius 3 is 2.11 bits per heavy atom. The molecule has 0 aromatic heterocycles. The number of unbranched alkanes of at least 4 members (excludes halogenated alkanes) is 2. The zero-order valence-corrected chi connectivity index (χ0v) is 22.7. The Balaban J connectivity index is 1.49. The van der Waals surface area contributed by atoms with Crippen LogP contribution in [0.25, 0.3) is 11.1 Å². The number of rotatable bonds is 9. The quantitative estimate of drug-likeness (QED) is 0.395. The van der Waals surface area contributed by atoms with Crippen molar-refractivity contribution >= 4 is 18.2 Å². The molecule has 0 spiro atoms. The van der Waals surface area contributed by atoms with Crippen LogP contribution in [-0.2, 0) is 14.3 Å². The number of ether oxygens (including phenoxy) is 2. The first-order chi connectivity index (χ1) is 18.1. The number of nitrogens with zero attached hydrogens (tertiary/aromatic N) is 1. The van der Waals surface area contributed by atoms with Crippen molar-refractivity contribution in [2.24, 2.45) is 0 Å². The van der Waals surface area contributed by atoms with Gasteiger partial charge in [-0.3, -0.25) is 4.90 Å². The van der Waals surface area contributed by atoms with Gasteiger partial charge in [0.2, 0.25) is 0 Å². The van der Waals surface area contributed by atoms with E-state index in [0.29, 0.717) is 6.42 Å². The van der Waals surface area contributed by atoms with Crippen LogP contribution in [0.5, 0.6) is 0 Å². The van der Waals surface area contributed by atoms with Crippen molar-refractivity contribution in [2.75, 3.05) is 13.2 Å². The number of fused-ring (bicyclic) bond motifs is 3. The molecule has 2 aromatic rings. The lowest BCUT2D eigenvalue weighted by Gasteiger charge is -2.50. The van der Waals surface area contributed by atoms with Crippen LogP contribution in [0.15, 0.2) is 48.5 Å². The Morgan fingerprint density at radius 2 is 1.58 bits per heavy atom. The van der Waals surface area contributed by atoms with E-state index in [-0.39, 0.29) is 31.9 Å². The lowest BCUT2D eigenvalue weighted by atomic mass is 9.71. The van der Waals surface area contributed by atoms with Gasteiger partial charge in [-0.25, -0.2) is 14.4 Å². The van der Waals surface area contributed by atoms with Crippen LogP contribution in [0, 0.1) is 0 Å². The van der Waals surface area contributed by atoms with Crippen LogP contribution in [-0.4, -0.2) is 58.5 Å². The molecule has 0 heterocycles. The van der Waals surface area contributed by atoms with Gasteiger partial charge < -0.3 is 19.9 Å². The second-order valence-corrected chi connectivity index (χ2v) is 11.3. The maximum absolute atomic E-state index is 13.5. The second-order valence-electron chi connectivity index (χ2n) is 11.3. The van der Waals surface area contributed by atoms with Crippen molar-refractivity contribution in [3.63, 3.8) is 0 Å². The summed E-state index contributed by atoms with van der Waals surface area (Å²) < 4.78 is 11.2. The number of carbonyl (C=O) groups is 3. The molecule has 2 aliphatic rings. The van der Waals surface area contributed by atoms with E-state index in [4.69, 9.17) is 9.47 Å². The molecule has 0 bridgehead atoms. The highest BCUT2D eigenvalue weighted by Crippen LogP contribution is 2.45. The molecule has 2 aromatic carbocycles. The SMILES string of the molecule is CCCCCN(C(=O)OCC1c2ccccc2-c2ccccc21)C1(C(=O)O)CC(NC(=O)OC(C)(C)C)C1. The van der Waals surface area contributed by atoms with Crippen LogP contribution < -0.4 is 5.32 Å². The van der Waals surface area contributed by atoms with Crippen molar-refractivity contribution in [1.29, 1.82) is 0 Å². The minimum absolute atomic E-state index is 0.0951. The Kier molecular flexibility index (Phi) is 7.99. The third-order valence-corrected chi connectivity index (χ3v) is 7.35. The maximum atomic E-state index is 13.5. The standard InChI is InChI=1S/C30H38N2O6/c1-5-6-11-16-32(30(26(33)34)17-20(18-30)31-27(35)38-29(2,3)4)28(36)37-19-25-23-14-9-7-12-21(23)22-13-8-10-15-24(22)25/h7-10,12-15,20,25H,5-6,11,16-19H2,1-4H3,(H,31,35)(H,33,34). The number of amides is 2. The first-order valence-electron chi connectivity index (χ1n) is 13.4. The topological polar surface area (TPSA) is 105 Å². The number of benzene rings is 2. The molecule has 0 atom stereocenters. The highest BCUT2D eigenvalue weighted by atomic mass is 16.6. The fourth-order valence-electron chi connectivity index (χ4n) is 5.51. The molecule has 4 rings (SSSR count). The molecule has 0 aliphatic heterocycles. The average molecular weight is 523 g/mol. The highest BCUT2D eigenvalue weighted by Gasteiger charge is 2.57. The molecule has 0 saturated heterocycles. The van der Waals surface area contributed by atoms with Gasteiger partial charge in [0.15, 0.2) is 0 Å². The van der Waals surface area contributed by atoms with E-state index in [1.165, 1.54) is 4.90 Å². The van der Waals surface area contributed by atoms with Crippen LogP contribution in [0.1, 0.15) is 76.8 Å². The van der Waals surface area contributed by atoms with Crippen molar-refractivity contribution in [1.82, 2.24) is 10.2 Å². The summed E-state index contributed by atoms with van der Waals surface area (Å²) in [4.78, 5) is 39.6. The number of carboxylic acid groups (broad SMARTS) is 1. The normalized spacial score (nSPS) is 20.1. The summed E-state index contributed by atoms with van der Waals surface area (Å²) in [5.41, 5.74) is 2.35. The third kappa shape index (κ3) is 5.64. The predicted molar refractivity (Wildman–Crippen MR) is 144 cm³/mol. The van der Waals surface area contributed by atoms with Gasteiger partial charge >= 0.3 is 18.2 Å². The fourth-order valence-corrected chi connectivity index (χ4v) is 5.51. The largest absolute Gasteiger partial charge is 0.479 e. The van der Waals surface area contributed by atoms with Gasteiger partial charge in [0.05, 0.1) is 0 Å². The first kappa shape index (κ1) is 27.5. The number of alkyl carbamates (subject to hydrolysis) is 1. The molecule has 8 heteroatoms. The van der Waals surface area contributed by atoms with Gasteiger partial charge in [0.25, 0.3) is 0 Å². The fraction of sp³-hybridized carbons (Fsp3) is 0.500. The molecular formula is C30H38N2O6. The van der Waals surface area contributed by atoms with Gasteiger partial charge in [-0.15, -0.1) is 0 Å². The molecule has 0 unspecified atom stereocenters. The number of nitrogens with one attached hydrogen (secondary N) is 1. The average Bonchev–Trinajstić information content (AvgIpc) is 3.15. The van der Waals surface area contributed by atoms with Crippen LogP contribution in [0.4, 0.5) is 9.59 Å². The molecule has 1 fully saturated rings. The Hall–Kier alpha value is -3.55. The number of carboxylic acids is 1. The van der Waals surface area contributed by atoms with E-state index in [2.05, 4.69) is 24.4 Å². The van der Waals surface area contributed by atoms with Gasteiger partial charge in [-0.2, -0.15) is 0 Å². The van der Waals surface area contributed by atoms with E-state index in [9.17, 15) is 19.5 Å². The lowest BCUT2D eigenvalue weighted by molar-refractivity contribution is -0.158. The number of hydrogen-bond donors (Lipinski definition) is 2. The minimum atomic E-state index is -1.43. The highest BCUT2D eigenvalue weighted by molar-refractivity contribution is 5.86. The summed E-state index contributed by atoms with van der Waals surface area (Å²) in [6.45, 7) is 7.74. The second kappa shape index (κ2) is 11.1. The Labute approximate surface area is 224 Å². The van der Waals surface area contributed by atoms with Crippen LogP contribution in [0.2, 0.25) is 0 Å². The monoisotopic (exact) mass is 522 g/mol. The third-order valence-electron chi connectivity index (χ3n) is 7.35. The summed E-state index contributed by atoms with van der Waals surface area (Å²) in [7, 11) is 0. The molecule has 1 saturated carbocycles. The van der Waals surface area contributed by atoms with Crippen molar-refractivity contribution in [2.45, 2.75) is 82.9 Å². The molecule has 38 heavy (non-hydrogen) atoms. The molecule has 0 radical (unpaired) electrons. The maximum Gasteiger partial charge on any atom is 0.410 e. The zero-order chi connectivity index (χ0) is 27.5. The molecular weight excluding hydrogens is 484 g/mol. The van der Waals surface area contributed by atoms with Gasteiger partial charge in [0.1, 0.15) is 17.7 Å². The minimum Gasteiger partial charge on any atom is -0.479 e. The number of aliphatic carboxylic acids is 1. The van der Waals surface area contributed by atoms with Crippen molar-refractivity contribution in [3.05, 3.63) is 59.7 Å². The van der Waals surface area contributed by atoms with Crippen molar-refractivity contribution < 1.29 is 29.0 Å². The van der Waals surface area contributed by atoms with Crippen LogP contribution >= 0.6 is 0 Å². The summed E-state index contributed by atoms with van der Waals surface area (Å²) in [6.07, 6.45) is 1.42. The molecule has 204 valence electrons. The first-order valence-corrected chi connectivity index (χ1v) is 13.4. The molecule has 2 amide bonds. The Morgan fingerprint density at radius 1 is 1.00 bits per heavy atom. The van der Waals surface area contributed by atoms with E-state index in [1.807, 2.05) is 36.4 Å². The zero-order valence-electron chi connectivity index (χ0n) is 22.7. The summed E-state index contributed by atoms with van der Waals surface area (Å²) in [5, 5.41) is 13.0. The summed E-state index contributed by atoms with van der Waals surface area (Å²) in [6, 6.07) is 15.8. The van der Waals surface area contributed by atoms with Gasteiger partial charge in [0, 0.05) is 31.3 Å². The van der Waals surface area contributed by atoms with E-state index in [1.54, 1.807) is 20.8 Å². The number of carbonyl (C=O) groups excluding carboxylic acids is 2. The Bertz CT molecular complexity index is 1140. The van der Waals surface area contributed by atoms with E-state index in [0.717, 1.165) is 35.1 Å². The summed E-state index contributed by atoms with van der Waals surface area (Å²) in [5.74, 6) is -1.21. The van der Waals surface area contributed by atoms with E-state index < -0.39 is 35.3 Å². The van der Waals surface area contributed by atoms with E-state index >= 15 is 0 Å². The smallest absolute Gasteiger partial charge is 0.410 e. The molecule has 2 aliphatic carbocycles. The van der Waals surface area contributed by atoms with Crippen molar-refractivity contribution in [3.8, 4) is 11.1 Å². The van der Waals surface area contributed by atoms with Gasteiger partial charge in [-0.1, -0.05) is 68.3 Å². The molecule has 2 N–H and O–H groups in total. The number of hydrogen-bond acceptors (Lipinski definition) is 5. The predicted octanol–water partition coefficient (Wildman–Crippen LogP) is 5.94.